The van der Waals surface area contributed by atoms with Gasteiger partial charge in [0.1, 0.15) is 11.4 Å². The lowest BCUT2D eigenvalue weighted by atomic mass is 9.73. The highest BCUT2D eigenvalue weighted by Crippen LogP contribution is 2.49. The number of nitrogens with zero attached hydrogens (tertiary/aromatic N) is 2. The molecule has 2 heterocycles. The lowest BCUT2D eigenvalue weighted by molar-refractivity contribution is 0.0131. The van der Waals surface area contributed by atoms with Crippen molar-refractivity contribution in [3.05, 3.63) is 72.1 Å². The van der Waals surface area contributed by atoms with Crippen LogP contribution in [-0.2, 0) is 6.42 Å². The second kappa shape index (κ2) is 7.32. The number of aromatic nitrogens is 2. The zero-order valence-electron chi connectivity index (χ0n) is 15.6. The summed E-state index contributed by atoms with van der Waals surface area (Å²) in [5.74, 6) is 1.11. The number of hydrogen-bond acceptors (Lipinski definition) is 4. The maximum absolute atomic E-state index is 10.6. The molecule has 0 fully saturated rings. The van der Waals surface area contributed by atoms with Crippen LogP contribution in [0.3, 0.4) is 0 Å². The minimum absolute atomic E-state index is 0.00758. The van der Waals surface area contributed by atoms with Gasteiger partial charge in [-0.05, 0) is 32.8 Å². The van der Waals surface area contributed by atoms with Gasteiger partial charge in [0, 0.05) is 18.3 Å². The van der Waals surface area contributed by atoms with E-state index in [2.05, 4.69) is 36.5 Å². The van der Waals surface area contributed by atoms with Gasteiger partial charge in [0.2, 0.25) is 11.8 Å². The summed E-state index contributed by atoms with van der Waals surface area (Å²) in [6, 6.07) is 9.97. The second-order valence-corrected chi connectivity index (χ2v) is 7.22. The number of hydrogen-bond donors (Lipinski definition) is 1. The molecule has 1 aliphatic heterocycles. The first-order chi connectivity index (χ1) is 12.5. The van der Waals surface area contributed by atoms with Crippen LogP contribution in [0.4, 0.5) is 0 Å². The van der Waals surface area contributed by atoms with Gasteiger partial charge in [0.25, 0.3) is 0 Å². The van der Waals surface area contributed by atoms with Crippen LogP contribution in [-0.4, -0.2) is 20.7 Å². The third-order valence-corrected chi connectivity index (χ3v) is 5.04. The molecule has 0 bridgehead atoms. The minimum Gasteiger partial charge on any atom is -0.493 e. The molecule has 2 atom stereocenters. The van der Waals surface area contributed by atoms with Crippen LogP contribution in [0.25, 0.3) is 0 Å². The predicted molar refractivity (Wildman–Crippen MR) is 104 cm³/mol. The van der Waals surface area contributed by atoms with Crippen LogP contribution in [0.2, 0.25) is 0 Å². The van der Waals surface area contributed by atoms with E-state index in [1.807, 2.05) is 49.4 Å². The smallest absolute Gasteiger partial charge is 0.225 e. The Morgan fingerprint density at radius 3 is 2.62 bits per heavy atom. The number of ether oxygens (including phenoxy) is 1. The Balaban J connectivity index is 2.01. The van der Waals surface area contributed by atoms with Crippen molar-refractivity contribution in [2.45, 2.75) is 45.1 Å². The van der Waals surface area contributed by atoms with Crippen LogP contribution in [0.5, 0.6) is 11.8 Å². The minimum atomic E-state index is -0.420. The van der Waals surface area contributed by atoms with Crippen LogP contribution in [0.15, 0.2) is 55.1 Å². The molecule has 0 aliphatic carbocycles. The molecule has 1 N–H and O–H groups in total. The third-order valence-electron chi connectivity index (χ3n) is 5.04. The fraction of sp³-hybridized carbons (Fsp3) is 0.364. The summed E-state index contributed by atoms with van der Waals surface area (Å²) >= 11 is 0. The Hall–Kier alpha value is -2.62. The molecule has 0 saturated carbocycles. The van der Waals surface area contributed by atoms with E-state index in [1.165, 1.54) is 0 Å². The van der Waals surface area contributed by atoms with Crippen molar-refractivity contribution in [2.24, 2.45) is 5.92 Å². The van der Waals surface area contributed by atoms with Gasteiger partial charge >= 0.3 is 0 Å². The van der Waals surface area contributed by atoms with Crippen molar-refractivity contribution >= 4 is 0 Å². The maximum atomic E-state index is 10.6. The first-order valence-electron chi connectivity index (χ1n) is 9.02. The van der Waals surface area contributed by atoms with E-state index in [0.717, 1.165) is 12.0 Å². The number of rotatable bonds is 5. The molecule has 136 valence electrons. The van der Waals surface area contributed by atoms with Gasteiger partial charge in [0.05, 0.1) is 5.56 Å². The van der Waals surface area contributed by atoms with Crippen molar-refractivity contribution in [3.63, 3.8) is 0 Å². The lowest BCUT2D eigenvalue weighted by Crippen LogP contribution is -2.44. The topological polar surface area (TPSA) is 55.2 Å². The predicted octanol–water partition coefficient (Wildman–Crippen LogP) is 4.80. The molecular weight excluding hydrogens is 324 g/mol. The number of allylic oxidation sites excluding steroid dienone is 3. The van der Waals surface area contributed by atoms with E-state index >= 15 is 0 Å². The molecule has 0 saturated heterocycles. The molecule has 3 rings (SSSR count). The molecule has 0 spiro atoms. The highest BCUT2D eigenvalue weighted by atomic mass is 16.5. The molecule has 2 unspecified atom stereocenters. The van der Waals surface area contributed by atoms with E-state index in [0.29, 0.717) is 23.7 Å². The van der Waals surface area contributed by atoms with Crippen LogP contribution in [0.1, 0.15) is 50.1 Å². The lowest BCUT2D eigenvalue weighted by Gasteiger charge is -2.43. The van der Waals surface area contributed by atoms with Gasteiger partial charge in [-0.2, -0.15) is 9.97 Å². The van der Waals surface area contributed by atoms with Crippen LogP contribution < -0.4 is 4.74 Å². The fourth-order valence-electron chi connectivity index (χ4n) is 3.66. The number of fused-ring (bicyclic) bond motifs is 1. The van der Waals surface area contributed by atoms with Crippen molar-refractivity contribution in [3.8, 4) is 11.8 Å². The highest BCUT2D eigenvalue weighted by Gasteiger charge is 2.44. The first-order valence-corrected chi connectivity index (χ1v) is 9.02. The Kier molecular flexibility index (Phi) is 5.12. The fourth-order valence-corrected chi connectivity index (χ4v) is 3.66. The van der Waals surface area contributed by atoms with Gasteiger partial charge in [-0.1, -0.05) is 48.6 Å². The van der Waals surface area contributed by atoms with Gasteiger partial charge in [-0.3, -0.25) is 0 Å². The van der Waals surface area contributed by atoms with Crippen molar-refractivity contribution in [1.82, 2.24) is 9.97 Å². The van der Waals surface area contributed by atoms with E-state index in [-0.39, 0.29) is 17.7 Å². The Labute approximate surface area is 155 Å². The molecule has 1 aliphatic rings. The summed E-state index contributed by atoms with van der Waals surface area (Å²) in [5.41, 5.74) is 1.31. The average Bonchev–Trinajstić information content (AvgIpc) is 2.59. The Morgan fingerprint density at radius 2 is 1.96 bits per heavy atom. The van der Waals surface area contributed by atoms with E-state index in [1.54, 1.807) is 0 Å². The molecule has 4 nitrogen and oxygen atoms in total. The quantitative estimate of drug-likeness (QED) is 0.787. The van der Waals surface area contributed by atoms with Gasteiger partial charge in [0.15, 0.2) is 0 Å². The molecule has 26 heavy (non-hydrogen) atoms. The molecule has 4 heteroatoms. The number of aromatic hydroxyl groups is 1. The monoisotopic (exact) mass is 350 g/mol. The number of benzene rings is 1. The standard InChI is InChI=1S/C22H26N2O2/c1-5-7-13-17-16(6-2)19-20(25)23-18(14-15-11-9-8-10-12-15)24-21(19)26-22(17,3)4/h5-12,16-17H,2,13-14H2,1,3-4H3,(H,23,24,25)/b7-5+. The van der Waals surface area contributed by atoms with Gasteiger partial charge < -0.3 is 9.84 Å². The summed E-state index contributed by atoms with van der Waals surface area (Å²) in [5, 5.41) is 10.6. The summed E-state index contributed by atoms with van der Waals surface area (Å²) in [6.45, 7) is 10.1. The normalized spacial score (nSPS) is 21.2. The zero-order valence-corrected chi connectivity index (χ0v) is 15.6. The summed E-state index contributed by atoms with van der Waals surface area (Å²) < 4.78 is 6.23. The molecular formula is C22H26N2O2. The van der Waals surface area contributed by atoms with E-state index in [4.69, 9.17) is 4.74 Å². The Morgan fingerprint density at radius 1 is 1.23 bits per heavy atom. The maximum Gasteiger partial charge on any atom is 0.225 e. The average molecular weight is 350 g/mol. The van der Waals surface area contributed by atoms with E-state index < -0.39 is 5.60 Å². The highest BCUT2D eigenvalue weighted by molar-refractivity contribution is 5.44. The molecule has 0 amide bonds. The Bertz CT molecular complexity index is 812. The van der Waals surface area contributed by atoms with Crippen molar-refractivity contribution in [2.75, 3.05) is 0 Å². The first kappa shape index (κ1) is 18.2. The van der Waals surface area contributed by atoms with Gasteiger partial charge in [-0.15, -0.1) is 6.58 Å². The van der Waals surface area contributed by atoms with Crippen LogP contribution >= 0.6 is 0 Å². The molecule has 1 aromatic carbocycles. The largest absolute Gasteiger partial charge is 0.493 e. The molecule has 2 aromatic rings. The van der Waals surface area contributed by atoms with Gasteiger partial charge in [-0.25, -0.2) is 0 Å². The summed E-state index contributed by atoms with van der Waals surface area (Å²) in [6.07, 6.45) is 7.41. The van der Waals surface area contributed by atoms with E-state index in [9.17, 15) is 5.11 Å². The molecule has 0 radical (unpaired) electrons. The summed E-state index contributed by atoms with van der Waals surface area (Å²) in [4.78, 5) is 8.96. The van der Waals surface area contributed by atoms with Crippen molar-refractivity contribution < 1.29 is 9.84 Å². The zero-order chi connectivity index (χ0) is 18.7. The SMILES string of the molecule is C=CC1c2c(O)nc(Cc3ccccc3)nc2OC(C)(C)C1C/C=C/C. The van der Waals surface area contributed by atoms with Crippen LogP contribution in [0, 0.1) is 5.92 Å². The second-order valence-electron chi connectivity index (χ2n) is 7.22. The third kappa shape index (κ3) is 3.50. The summed E-state index contributed by atoms with van der Waals surface area (Å²) in [7, 11) is 0. The molecule has 1 aromatic heterocycles. The van der Waals surface area contributed by atoms with Crippen molar-refractivity contribution in [1.29, 1.82) is 0 Å².